The molecule has 0 aromatic carbocycles. The van der Waals surface area contributed by atoms with Crippen LogP contribution in [0.5, 0.6) is 0 Å². The first-order valence-electron chi connectivity index (χ1n) is 5.49. The Balaban J connectivity index is 2.40. The molecule has 17 heavy (non-hydrogen) atoms. The summed E-state index contributed by atoms with van der Waals surface area (Å²) in [5.41, 5.74) is 0. The molecule has 0 spiro atoms. The lowest BCUT2D eigenvalue weighted by Gasteiger charge is -2.19. The Labute approximate surface area is 101 Å². The molecule has 1 rings (SSSR count). The average Bonchev–Trinajstić information content (AvgIpc) is 2.57. The number of hydrogen-bond acceptors (Lipinski definition) is 4. The maximum Gasteiger partial charge on any atom is 0.303 e. The Morgan fingerprint density at radius 3 is 2.53 bits per heavy atom. The van der Waals surface area contributed by atoms with Gasteiger partial charge in [0.25, 0.3) is 0 Å². The molecule has 1 aliphatic rings. The smallest absolute Gasteiger partial charge is 0.303 e. The van der Waals surface area contributed by atoms with Crippen LogP contribution in [-0.4, -0.2) is 55.4 Å². The van der Waals surface area contributed by atoms with Crippen LogP contribution in [0.15, 0.2) is 0 Å². The minimum atomic E-state index is -3.05. The van der Waals surface area contributed by atoms with Gasteiger partial charge in [0.05, 0.1) is 17.4 Å². The monoisotopic (exact) mass is 263 g/mol. The normalized spacial score (nSPS) is 22.3. The van der Waals surface area contributed by atoms with Crippen LogP contribution in [-0.2, 0) is 19.4 Å². The van der Waals surface area contributed by atoms with Crippen LogP contribution in [0.1, 0.15) is 19.3 Å². The van der Waals surface area contributed by atoms with Crippen molar-refractivity contribution in [3.8, 4) is 0 Å². The number of amides is 1. The van der Waals surface area contributed by atoms with Crippen molar-refractivity contribution in [2.75, 3.05) is 25.1 Å². The summed E-state index contributed by atoms with van der Waals surface area (Å²) in [6.45, 7) is 0.349. The van der Waals surface area contributed by atoms with Crippen LogP contribution in [0, 0.1) is 5.92 Å². The van der Waals surface area contributed by atoms with Crippen molar-refractivity contribution in [1.29, 1.82) is 0 Å². The highest BCUT2D eigenvalue weighted by Crippen LogP contribution is 2.20. The molecule has 7 heteroatoms. The van der Waals surface area contributed by atoms with E-state index >= 15 is 0 Å². The van der Waals surface area contributed by atoms with Gasteiger partial charge >= 0.3 is 5.97 Å². The van der Waals surface area contributed by atoms with Crippen molar-refractivity contribution in [2.45, 2.75) is 19.3 Å². The second-order valence-electron chi connectivity index (χ2n) is 4.36. The summed E-state index contributed by atoms with van der Waals surface area (Å²) in [7, 11) is -1.47. The number of carbonyl (C=O) groups is 2. The van der Waals surface area contributed by atoms with Gasteiger partial charge in [0.2, 0.25) is 5.91 Å². The van der Waals surface area contributed by atoms with Crippen LogP contribution in [0.2, 0.25) is 0 Å². The predicted octanol–water partition coefficient (Wildman–Crippen LogP) is -0.256. The number of carboxylic acid groups (broad SMARTS) is 1. The van der Waals surface area contributed by atoms with Gasteiger partial charge in [-0.2, -0.15) is 0 Å². The van der Waals surface area contributed by atoms with Crippen molar-refractivity contribution in [1.82, 2.24) is 4.90 Å². The number of rotatable bonds is 5. The minimum Gasteiger partial charge on any atom is -0.481 e. The largest absolute Gasteiger partial charge is 0.481 e. The van der Waals surface area contributed by atoms with Gasteiger partial charge in [-0.3, -0.25) is 9.59 Å². The molecule has 0 aromatic heterocycles. The van der Waals surface area contributed by atoms with Gasteiger partial charge in [0.15, 0.2) is 9.84 Å². The minimum absolute atomic E-state index is 0.0145. The van der Waals surface area contributed by atoms with Gasteiger partial charge in [-0.15, -0.1) is 0 Å². The van der Waals surface area contributed by atoms with E-state index < -0.39 is 21.7 Å². The van der Waals surface area contributed by atoms with E-state index in [4.69, 9.17) is 5.11 Å². The summed E-state index contributed by atoms with van der Waals surface area (Å²) >= 11 is 0. The first kappa shape index (κ1) is 14.0. The molecule has 1 atom stereocenters. The molecule has 0 aromatic rings. The molecule has 1 amide bonds. The molecule has 1 N–H and O–H groups in total. The van der Waals surface area contributed by atoms with Gasteiger partial charge in [0.1, 0.15) is 0 Å². The molecule has 0 radical (unpaired) electrons. The molecule has 1 fully saturated rings. The molecule has 1 aliphatic heterocycles. The van der Waals surface area contributed by atoms with E-state index in [1.54, 1.807) is 7.05 Å². The molecular formula is C10H17NO5S. The third-order valence-electron chi connectivity index (χ3n) is 2.84. The fourth-order valence-corrected chi connectivity index (χ4v) is 3.61. The Bertz CT molecular complexity index is 403. The topological polar surface area (TPSA) is 91.8 Å². The first-order chi connectivity index (χ1) is 7.82. The summed E-state index contributed by atoms with van der Waals surface area (Å²) in [6.07, 6.45) is 0.780. The quantitative estimate of drug-likeness (QED) is 0.738. The highest BCUT2D eigenvalue weighted by molar-refractivity contribution is 7.91. The van der Waals surface area contributed by atoms with Gasteiger partial charge in [-0.1, -0.05) is 0 Å². The fraction of sp³-hybridized carbons (Fsp3) is 0.800. The summed E-state index contributed by atoms with van der Waals surface area (Å²) in [4.78, 5) is 23.6. The van der Waals surface area contributed by atoms with Gasteiger partial charge in [-0.05, 0) is 12.8 Å². The van der Waals surface area contributed by atoms with Crippen molar-refractivity contribution < 1.29 is 23.1 Å². The van der Waals surface area contributed by atoms with E-state index in [1.807, 2.05) is 0 Å². The number of carbonyl (C=O) groups excluding carboxylic acids is 1. The zero-order valence-corrected chi connectivity index (χ0v) is 10.6. The third kappa shape index (κ3) is 4.33. The van der Waals surface area contributed by atoms with Gasteiger partial charge in [0, 0.05) is 20.0 Å². The zero-order chi connectivity index (χ0) is 13.1. The average molecular weight is 263 g/mol. The molecule has 6 nitrogen and oxygen atoms in total. The van der Waals surface area contributed by atoms with Crippen LogP contribution in [0.3, 0.4) is 0 Å². The zero-order valence-electron chi connectivity index (χ0n) is 9.76. The number of sulfone groups is 1. The van der Waals surface area contributed by atoms with Crippen LogP contribution in [0.4, 0.5) is 0 Å². The first-order valence-corrected chi connectivity index (χ1v) is 7.31. The number of hydrogen-bond donors (Lipinski definition) is 1. The van der Waals surface area contributed by atoms with E-state index in [9.17, 15) is 18.0 Å². The highest BCUT2D eigenvalue weighted by Gasteiger charge is 2.34. The van der Waals surface area contributed by atoms with Gasteiger partial charge in [-0.25, -0.2) is 8.42 Å². The van der Waals surface area contributed by atoms with Crippen molar-refractivity contribution in [3.05, 3.63) is 0 Å². The molecule has 1 saturated heterocycles. The van der Waals surface area contributed by atoms with Crippen molar-refractivity contribution >= 4 is 21.7 Å². The Hall–Kier alpha value is -1.11. The lowest BCUT2D eigenvalue weighted by atomic mass is 10.1. The number of aliphatic carboxylic acids is 1. The summed E-state index contributed by atoms with van der Waals surface area (Å²) in [5.74, 6) is -1.54. The lowest BCUT2D eigenvalue weighted by Crippen LogP contribution is -2.34. The van der Waals surface area contributed by atoms with Gasteiger partial charge < -0.3 is 10.0 Å². The highest BCUT2D eigenvalue weighted by atomic mass is 32.2. The van der Waals surface area contributed by atoms with Crippen molar-refractivity contribution in [2.24, 2.45) is 5.92 Å². The second kappa shape index (κ2) is 5.48. The molecule has 98 valence electrons. The predicted molar refractivity (Wildman–Crippen MR) is 61.3 cm³/mol. The molecule has 1 unspecified atom stereocenters. The van der Waals surface area contributed by atoms with Crippen molar-refractivity contribution in [3.63, 3.8) is 0 Å². The Kier molecular flexibility index (Phi) is 4.50. The van der Waals surface area contributed by atoms with Crippen LogP contribution >= 0.6 is 0 Å². The molecule has 0 saturated carbocycles. The Morgan fingerprint density at radius 1 is 1.41 bits per heavy atom. The molecule has 0 bridgehead atoms. The number of carboxylic acids is 1. The second-order valence-corrected chi connectivity index (χ2v) is 6.59. The standard InChI is InChI=1S/C10H17NO5S/c1-11(5-2-3-9(12)13)10(14)8-4-6-17(15,16)7-8/h8H,2-7H2,1H3,(H,12,13). The summed E-state index contributed by atoms with van der Waals surface area (Å²) in [6, 6.07) is 0. The summed E-state index contributed by atoms with van der Waals surface area (Å²) < 4.78 is 22.4. The maximum atomic E-state index is 11.8. The molecular weight excluding hydrogens is 246 g/mol. The Morgan fingerprint density at radius 2 is 2.06 bits per heavy atom. The third-order valence-corrected chi connectivity index (χ3v) is 4.61. The molecule has 0 aliphatic carbocycles. The molecule has 1 heterocycles. The van der Waals surface area contributed by atoms with E-state index in [1.165, 1.54) is 4.90 Å². The van der Waals surface area contributed by atoms with E-state index in [0.29, 0.717) is 19.4 Å². The van der Waals surface area contributed by atoms with E-state index in [2.05, 4.69) is 0 Å². The SMILES string of the molecule is CN(CCCC(=O)O)C(=O)C1CCS(=O)(=O)C1. The van der Waals surface area contributed by atoms with Crippen LogP contribution in [0.25, 0.3) is 0 Å². The summed E-state index contributed by atoms with van der Waals surface area (Å²) in [5, 5.41) is 8.46. The van der Waals surface area contributed by atoms with E-state index in [0.717, 1.165) is 0 Å². The number of nitrogens with zero attached hydrogens (tertiary/aromatic N) is 1. The lowest BCUT2D eigenvalue weighted by molar-refractivity contribution is -0.138. The van der Waals surface area contributed by atoms with E-state index in [-0.39, 0.29) is 23.8 Å². The van der Waals surface area contributed by atoms with Crippen LogP contribution < -0.4 is 0 Å². The maximum absolute atomic E-state index is 11.8. The fourth-order valence-electron chi connectivity index (χ4n) is 1.88.